The van der Waals surface area contributed by atoms with E-state index in [0.717, 1.165) is 18.5 Å². The molecule has 2 aromatic rings. The molecular formula is C16H17ClFNO. The fourth-order valence-electron chi connectivity index (χ4n) is 1.96. The highest BCUT2D eigenvalue weighted by atomic mass is 35.5. The van der Waals surface area contributed by atoms with Gasteiger partial charge >= 0.3 is 0 Å². The Morgan fingerprint density at radius 3 is 2.60 bits per heavy atom. The van der Waals surface area contributed by atoms with Crippen molar-refractivity contribution in [3.63, 3.8) is 0 Å². The van der Waals surface area contributed by atoms with Crippen molar-refractivity contribution in [3.05, 3.63) is 64.9 Å². The topological polar surface area (TPSA) is 21.3 Å². The van der Waals surface area contributed by atoms with E-state index in [1.165, 1.54) is 6.07 Å². The molecule has 1 atom stereocenters. The normalized spacial score (nSPS) is 12.2. The smallest absolute Gasteiger partial charge is 0.166 e. The Morgan fingerprint density at radius 1 is 1.20 bits per heavy atom. The summed E-state index contributed by atoms with van der Waals surface area (Å²) in [5.74, 6) is -0.220. The van der Waals surface area contributed by atoms with Gasteiger partial charge in [-0.05, 0) is 37.4 Å². The van der Waals surface area contributed by atoms with Crippen molar-refractivity contribution >= 4 is 11.6 Å². The van der Waals surface area contributed by atoms with Gasteiger partial charge in [-0.1, -0.05) is 41.9 Å². The summed E-state index contributed by atoms with van der Waals surface area (Å²) in [4.78, 5) is 0. The minimum Gasteiger partial charge on any atom is -0.483 e. The molecular weight excluding hydrogens is 277 g/mol. The van der Waals surface area contributed by atoms with Gasteiger partial charge in [0.2, 0.25) is 0 Å². The lowest BCUT2D eigenvalue weighted by molar-refractivity contribution is 0.186. The molecule has 0 saturated carbocycles. The zero-order valence-electron chi connectivity index (χ0n) is 11.3. The van der Waals surface area contributed by atoms with Crippen LogP contribution in [0, 0.1) is 5.82 Å². The van der Waals surface area contributed by atoms with Gasteiger partial charge in [-0.25, -0.2) is 4.39 Å². The fraction of sp³-hybridized carbons (Fsp3) is 0.250. The summed E-state index contributed by atoms with van der Waals surface area (Å²) in [5.41, 5.74) is 1.03. The zero-order chi connectivity index (χ0) is 14.4. The summed E-state index contributed by atoms with van der Waals surface area (Å²) in [7, 11) is 1.88. The Labute approximate surface area is 123 Å². The molecule has 0 amide bonds. The minimum atomic E-state index is -0.442. The Balaban J connectivity index is 2.19. The van der Waals surface area contributed by atoms with Crippen LogP contribution in [-0.2, 0) is 0 Å². The maximum Gasteiger partial charge on any atom is 0.166 e. The van der Waals surface area contributed by atoms with Gasteiger partial charge < -0.3 is 10.1 Å². The summed E-state index contributed by atoms with van der Waals surface area (Å²) in [6.45, 7) is 0.786. The Kier molecular flexibility index (Phi) is 5.39. The van der Waals surface area contributed by atoms with E-state index in [0.29, 0.717) is 5.02 Å². The second kappa shape index (κ2) is 7.27. The summed E-state index contributed by atoms with van der Waals surface area (Å²) in [6.07, 6.45) is 0.557. The first-order valence-electron chi connectivity index (χ1n) is 6.52. The molecule has 0 aliphatic carbocycles. The van der Waals surface area contributed by atoms with Crippen LogP contribution in [-0.4, -0.2) is 13.6 Å². The summed E-state index contributed by atoms with van der Waals surface area (Å²) < 4.78 is 19.6. The van der Waals surface area contributed by atoms with Crippen LogP contribution in [0.2, 0.25) is 5.02 Å². The number of hydrogen-bond donors (Lipinski definition) is 1. The molecule has 1 unspecified atom stereocenters. The lowest BCUT2D eigenvalue weighted by atomic mass is 10.1. The molecule has 2 nitrogen and oxygen atoms in total. The summed E-state index contributed by atoms with van der Waals surface area (Å²) >= 11 is 5.75. The van der Waals surface area contributed by atoms with Crippen LogP contribution in [0.1, 0.15) is 18.1 Å². The molecule has 2 rings (SSSR count). The van der Waals surface area contributed by atoms with Crippen LogP contribution in [0.3, 0.4) is 0 Å². The monoisotopic (exact) mass is 293 g/mol. The second-order valence-electron chi connectivity index (χ2n) is 4.48. The predicted molar refractivity (Wildman–Crippen MR) is 79.8 cm³/mol. The molecule has 2 aromatic carbocycles. The molecule has 0 radical (unpaired) electrons. The minimum absolute atomic E-state index is 0.195. The maximum atomic E-state index is 13.8. The average molecular weight is 294 g/mol. The van der Waals surface area contributed by atoms with Crippen molar-refractivity contribution in [2.45, 2.75) is 12.5 Å². The Hall–Kier alpha value is -1.58. The number of ether oxygens (including phenoxy) is 1. The fourth-order valence-corrected chi connectivity index (χ4v) is 2.12. The van der Waals surface area contributed by atoms with E-state index in [1.807, 2.05) is 37.4 Å². The largest absolute Gasteiger partial charge is 0.483 e. The van der Waals surface area contributed by atoms with Crippen LogP contribution in [0.15, 0.2) is 48.5 Å². The molecule has 0 saturated heterocycles. The van der Waals surface area contributed by atoms with Crippen molar-refractivity contribution in [1.82, 2.24) is 5.32 Å². The molecule has 0 aliphatic heterocycles. The van der Waals surface area contributed by atoms with Gasteiger partial charge in [-0.15, -0.1) is 0 Å². The first-order chi connectivity index (χ1) is 9.70. The molecule has 0 aliphatic rings. The van der Waals surface area contributed by atoms with Crippen molar-refractivity contribution in [2.24, 2.45) is 0 Å². The van der Waals surface area contributed by atoms with Crippen LogP contribution >= 0.6 is 11.6 Å². The van der Waals surface area contributed by atoms with Gasteiger partial charge in [0.25, 0.3) is 0 Å². The highest BCUT2D eigenvalue weighted by Gasteiger charge is 2.15. The molecule has 0 heterocycles. The summed E-state index contributed by atoms with van der Waals surface area (Å²) in [5, 5.41) is 3.44. The van der Waals surface area contributed by atoms with Crippen LogP contribution in [0.25, 0.3) is 0 Å². The van der Waals surface area contributed by atoms with E-state index in [1.54, 1.807) is 12.1 Å². The van der Waals surface area contributed by atoms with E-state index in [-0.39, 0.29) is 11.9 Å². The SMILES string of the molecule is CNCCC(Oc1ccc(Cl)cc1F)c1ccccc1. The van der Waals surface area contributed by atoms with Crippen LogP contribution < -0.4 is 10.1 Å². The lowest BCUT2D eigenvalue weighted by Crippen LogP contribution is -2.16. The first-order valence-corrected chi connectivity index (χ1v) is 6.89. The molecule has 0 bridgehead atoms. The molecule has 0 aromatic heterocycles. The molecule has 0 fully saturated rings. The van der Waals surface area contributed by atoms with Crippen molar-refractivity contribution < 1.29 is 9.13 Å². The Morgan fingerprint density at radius 2 is 1.95 bits per heavy atom. The molecule has 20 heavy (non-hydrogen) atoms. The highest BCUT2D eigenvalue weighted by molar-refractivity contribution is 6.30. The number of rotatable bonds is 6. The number of halogens is 2. The lowest BCUT2D eigenvalue weighted by Gasteiger charge is -2.20. The number of benzene rings is 2. The van der Waals surface area contributed by atoms with E-state index in [4.69, 9.17) is 16.3 Å². The molecule has 4 heteroatoms. The van der Waals surface area contributed by atoms with E-state index < -0.39 is 5.82 Å². The van der Waals surface area contributed by atoms with Crippen LogP contribution in [0.5, 0.6) is 5.75 Å². The van der Waals surface area contributed by atoms with Gasteiger partial charge in [0.05, 0.1) is 0 Å². The van der Waals surface area contributed by atoms with Crippen molar-refractivity contribution in [1.29, 1.82) is 0 Å². The zero-order valence-corrected chi connectivity index (χ0v) is 12.0. The maximum absolute atomic E-state index is 13.8. The number of nitrogens with one attached hydrogen (secondary N) is 1. The van der Waals surface area contributed by atoms with Crippen molar-refractivity contribution in [2.75, 3.05) is 13.6 Å². The predicted octanol–water partition coefficient (Wildman–Crippen LogP) is 4.21. The third-order valence-electron chi connectivity index (χ3n) is 2.99. The third-order valence-corrected chi connectivity index (χ3v) is 3.23. The average Bonchev–Trinajstić information content (AvgIpc) is 2.46. The van der Waals surface area contributed by atoms with E-state index >= 15 is 0 Å². The Bertz CT molecular complexity index is 547. The highest BCUT2D eigenvalue weighted by Crippen LogP contribution is 2.28. The third kappa shape index (κ3) is 3.95. The van der Waals surface area contributed by atoms with Gasteiger partial charge in [-0.3, -0.25) is 0 Å². The van der Waals surface area contributed by atoms with Gasteiger partial charge in [-0.2, -0.15) is 0 Å². The second-order valence-corrected chi connectivity index (χ2v) is 4.92. The summed E-state index contributed by atoms with van der Waals surface area (Å²) in [6, 6.07) is 14.3. The van der Waals surface area contributed by atoms with Crippen molar-refractivity contribution in [3.8, 4) is 5.75 Å². The van der Waals surface area contributed by atoms with E-state index in [2.05, 4.69) is 5.32 Å². The van der Waals surface area contributed by atoms with Gasteiger partial charge in [0.1, 0.15) is 6.10 Å². The van der Waals surface area contributed by atoms with Gasteiger partial charge in [0.15, 0.2) is 11.6 Å². The van der Waals surface area contributed by atoms with Crippen LogP contribution in [0.4, 0.5) is 4.39 Å². The quantitative estimate of drug-likeness (QED) is 0.861. The molecule has 0 spiro atoms. The first kappa shape index (κ1) is 14.8. The molecule has 106 valence electrons. The van der Waals surface area contributed by atoms with E-state index in [9.17, 15) is 4.39 Å². The molecule has 1 N–H and O–H groups in total. The standard InChI is InChI=1S/C16H17ClFNO/c1-19-10-9-15(12-5-3-2-4-6-12)20-16-8-7-13(17)11-14(16)18/h2-8,11,15,19H,9-10H2,1H3. The van der Waals surface area contributed by atoms with Gasteiger partial charge in [0, 0.05) is 11.4 Å². The number of hydrogen-bond acceptors (Lipinski definition) is 2.